The number of nitrogens with one attached hydrogen (secondary N) is 1. The Morgan fingerprint density at radius 1 is 1.28 bits per heavy atom. The van der Waals surface area contributed by atoms with Crippen LogP contribution in [0.2, 0.25) is 0 Å². The van der Waals surface area contributed by atoms with Crippen LogP contribution in [-0.2, 0) is 4.79 Å². The molecule has 0 saturated heterocycles. The average Bonchev–Trinajstić information content (AvgIpc) is 3.02. The van der Waals surface area contributed by atoms with E-state index in [0.717, 1.165) is 22.3 Å². The molecule has 0 aliphatic rings. The molecular weight excluding hydrogens is 348 g/mol. The lowest BCUT2D eigenvalue weighted by atomic mass is 10.3. The largest absolute Gasteiger partial charge is 0.494 e. The summed E-state index contributed by atoms with van der Waals surface area (Å²) in [5.41, 5.74) is 0.932. The Morgan fingerprint density at radius 2 is 2.08 bits per heavy atom. The molecule has 0 bridgehead atoms. The van der Waals surface area contributed by atoms with Crippen molar-refractivity contribution in [1.82, 2.24) is 4.98 Å². The number of hydrogen-bond donors (Lipinski definition) is 1. The van der Waals surface area contributed by atoms with Crippen molar-refractivity contribution >= 4 is 38.3 Å². The summed E-state index contributed by atoms with van der Waals surface area (Å²) < 4.78 is 32.3. The molecule has 1 amide bonds. The molecular formula is C17H15F2N3O2S. The van der Waals surface area contributed by atoms with Gasteiger partial charge in [-0.25, -0.2) is 13.8 Å². The molecule has 25 heavy (non-hydrogen) atoms. The van der Waals surface area contributed by atoms with Crippen molar-refractivity contribution in [1.29, 1.82) is 0 Å². The molecule has 1 N–H and O–H groups in total. The Balaban J connectivity index is 1.72. The molecule has 1 heterocycles. The minimum atomic E-state index is -1.01. The lowest BCUT2D eigenvalue weighted by Gasteiger charge is -2.15. The van der Waals surface area contributed by atoms with Gasteiger partial charge in [-0.15, -0.1) is 0 Å². The van der Waals surface area contributed by atoms with Crippen LogP contribution in [0, 0.1) is 11.6 Å². The first kappa shape index (κ1) is 17.1. The summed E-state index contributed by atoms with van der Waals surface area (Å²) in [6, 6.07) is 8.83. The van der Waals surface area contributed by atoms with Gasteiger partial charge in [0.1, 0.15) is 11.3 Å². The Hall–Kier alpha value is -2.74. The number of thiazole rings is 1. The maximum Gasteiger partial charge on any atom is 0.243 e. The van der Waals surface area contributed by atoms with Crippen molar-refractivity contribution < 1.29 is 18.3 Å². The molecule has 1 aromatic heterocycles. The fourth-order valence-corrected chi connectivity index (χ4v) is 3.24. The third kappa shape index (κ3) is 3.69. The predicted octanol–water partition coefficient (Wildman–Crippen LogP) is 3.66. The first-order valence-corrected chi connectivity index (χ1v) is 8.19. The number of anilines is 2. The van der Waals surface area contributed by atoms with Gasteiger partial charge in [0.25, 0.3) is 0 Å². The maximum absolute atomic E-state index is 13.2. The summed E-state index contributed by atoms with van der Waals surface area (Å²) in [5, 5.41) is 3.18. The molecule has 0 atom stereocenters. The number of benzene rings is 2. The number of fused-ring (bicyclic) bond motifs is 1. The number of para-hydroxylation sites is 1. The third-order valence-corrected chi connectivity index (χ3v) is 4.64. The van der Waals surface area contributed by atoms with Gasteiger partial charge >= 0.3 is 0 Å². The van der Waals surface area contributed by atoms with E-state index in [1.165, 1.54) is 17.4 Å². The highest BCUT2D eigenvalue weighted by molar-refractivity contribution is 7.22. The molecule has 0 aliphatic carbocycles. The summed E-state index contributed by atoms with van der Waals surface area (Å²) in [6.07, 6.45) is 0. The van der Waals surface area contributed by atoms with Crippen LogP contribution in [-0.4, -0.2) is 31.6 Å². The standard InChI is InChI=1S/C17H15F2N3O2S/c1-22(9-15(23)20-10-6-7-11(18)12(19)8-10)17-21-16-13(24-2)4-3-5-14(16)25-17/h3-8H,9H2,1-2H3,(H,20,23). The molecule has 3 rings (SSSR count). The number of methoxy groups -OCH3 is 1. The fraction of sp³-hybridized carbons (Fsp3) is 0.176. The number of hydrogen-bond acceptors (Lipinski definition) is 5. The molecule has 0 radical (unpaired) electrons. The second-order valence-corrected chi connectivity index (χ2v) is 6.35. The number of carbonyl (C=O) groups excluding carboxylic acids is 1. The van der Waals surface area contributed by atoms with Gasteiger partial charge in [0.2, 0.25) is 5.91 Å². The normalized spacial score (nSPS) is 10.7. The van der Waals surface area contributed by atoms with Crippen molar-refractivity contribution in [2.75, 3.05) is 30.9 Å². The van der Waals surface area contributed by atoms with E-state index in [2.05, 4.69) is 10.3 Å². The average molecular weight is 363 g/mol. The maximum atomic E-state index is 13.2. The van der Waals surface area contributed by atoms with E-state index in [4.69, 9.17) is 4.74 Å². The lowest BCUT2D eigenvalue weighted by molar-refractivity contribution is -0.114. The van der Waals surface area contributed by atoms with Crippen LogP contribution < -0.4 is 15.0 Å². The van der Waals surface area contributed by atoms with E-state index >= 15 is 0 Å². The Kier molecular flexibility index (Phi) is 4.80. The minimum absolute atomic E-state index is 0.0150. The van der Waals surface area contributed by atoms with Crippen LogP contribution in [0.15, 0.2) is 36.4 Å². The van der Waals surface area contributed by atoms with E-state index in [1.54, 1.807) is 19.1 Å². The minimum Gasteiger partial charge on any atom is -0.494 e. The number of aromatic nitrogens is 1. The van der Waals surface area contributed by atoms with Crippen LogP contribution >= 0.6 is 11.3 Å². The van der Waals surface area contributed by atoms with Gasteiger partial charge in [-0.3, -0.25) is 4.79 Å². The molecule has 130 valence electrons. The van der Waals surface area contributed by atoms with Gasteiger partial charge in [-0.2, -0.15) is 0 Å². The molecule has 0 spiro atoms. The summed E-state index contributed by atoms with van der Waals surface area (Å²) in [4.78, 5) is 18.3. The summed E-state index contributed by atoms with van der Waals surface area (Å²) in [6.45, 7) is 0.0150. The van der Waals surface area contributed by atoms with E-state index in [1.807, 2.05) is 18.2 Å². The predicted molar refractivity (Wildman–Crippen MR) is 94.4 cm³/mol. The number of nitrogens with zero attached hydrogens (tertiary/aromatic N) is 2. The van der Waals surface area contributed by atoms with Gasteiger partial charge in [-0.1, -0.05) is 17.4 Å². The van der Waals surface area contributed by atoms with Crippen LogP contribution in [0.3, 0.4) is 0 Å². The summed E-state index contributed by atoms with van der Waals surface area (Å²) in [7, 11) is 3.31. The van der Waals surface area contributed by atoms with Crippen molar-refractivity contribution in [2.45, 2.75) is 0 Å². The number of halogens is 2. The topological polar surface area (TPSA) is 54.5 Å². The summed E-state index contributed by atoms with van der Waals surface area (Å²) in [5.74, 6) is -1.66. The zero-order valence-electron chi connectivity index (χ0n) is 13.5. The second kappa shape index (κ2) is 7.02. The van der Waals surface area contributed by atoms with Gasteiger partial charge in [-0.05, 0) is 24.3 Å². The van der Waals surface area contributed by atoms with E-state index in [0.29, 0.717) is 10.9 Å². The van der Waals surface area contributed by atoms with Crippen molar-refractivity contribution in [3.8, 4) is 5.75 Å². The first-order chi connectivity index (χ1) is 12.0. The second-order valence-electron chi connectivity index (χ2n) is 5.34. The van der Waals surface area contributed by atoms with Crippen LogP contribution in [0.1, 0.15) is 0 Å². The third-order valence-electron chi connectivity index (χ3n) is 3.50. The van der Waals surface area contributed by atoms with Crippen molar-refractivity contribution in [3.63, 3.8) is 0 Å². The van der Waals surface area contributed by atoms with E-state index in [9.17, 15) is 13.6 Å². The molecule has 0 aliphatic heterocycles. The SMILES string of the molecule is COc1cccc2sc(N(C)CC(=O)Nc3ccc(F)c(F)c3)nc12. The first-order valence-electron chi connectivity index (χ1n) is 7.37. The molecule has 8 heteroatoms. The van der Waals surface area contributed by atoms with Crippen molar-refractivity contribution in [3.05, 3.63) is 48.0 Å². The lowest BCUT2D eigenvalue weighted by Crippen LogP contribution is -2.30. The molecule has 5 nitrogen and oxygen atoms in total. The summed E-state index contributed by atoms with van der Waals surface area (Å²) >= 11 is 1.43. The molecule has 2 aromatic carbocycles. The molecule has 3 aromatic rings. The number of ether oxygens (including phenoxy) is 1. The van der Waals surface area contributed by atoms with Gasteiger partial charge in [0, 0.05) is 18.8 Å². The quantitative estimate of drug-likeness (QED) is 0.752. The molecule has 0 saturated carbocycles. The molecule has 0 fully saturated rings. The van der Waals surface area contributed by atoms with Crippen LogP contribution in [0.4, 0.5) is 19.6 Å². The van der Waals surface area contributed by atoms with Gasteiger partial charge in [0.05, 0.1) is 18.4 Å². The zero-order valence-corrected chi connectivity index (χ0v) is 14.4. The number of amides is 1. The number of rotatable bonds is 5. The molecule has 0 unspecified atom stereocenters. The van der Waals surface area contributed by atoms with E-state index < -0.39 is 11.6 Å². The monoisotopic (exact) mass is 363 g/mol. The Bertz CT molecular complexity index is 929. The van der Waals surface area contributed by atoms with Gasteiger partial charge < -0.3 is 15.0 Å². The zero-order chi connectivity index (χ0) is 18.0. The van der Waals surface area contributed by atoms with Crippen molar-refractivity contribution in [2.24, 2.45) is 0 Å². The number of carbonyl (C=O) groups is 1. The Labute approximate surface area is 146 Å². The number of likely N-dealkylation sites (N-methyl/N-ethyl adjacent to an activating group) is 1. The van der Waals surface area contributed by atoms with Crippen LogP contribution in [0.5, 0.6) is 5.75 Å². The van der Waals surface area contributed by atoms with Crippen LogP contribution in [0.25, 0.3) is 10.2 Å². The Morgan fingerprint density at radius 3 is 2.80 bits per heavy atom. The highest BCUT2D eigenvalue weighted by Gasteiger charge is 2.15. The smallest absolute Gasteiger partial charge is 0.243 e. The highest BCUT2D eigenvalue weighted by Crippen LogP contribution is 2.33. The van der Waals surface area contributed by atoms with Gasteiger partial charge in [0.15, 0.2) is 16.8 Å². The fourth-order valence-electron chi connectivity index (χ4n) is 2.30. The highest BCUT2D eigenvalue weighted by atomic mass is 32.1. The van der Waals surface area contributed by atoms with E-state index in [-0.39, 0.29) is 18.1 Å².